The summed E-state index contributed by atoms with van der Waals surface area (Å²) in [5.41, 5.74) is 0.555. The van der Waals surface area contributed by atoms with Gasteiger partial charge in [0.25, 0.3) is 5.91 Å². The van der Waals surface area contributed by atoms with Gasteiger partial charge in [-0.1, -0.05) is 17.4 Å². The minimum atomic E-state index is -0.355. The lowest BCUT2D eigenvalue weighted by Gasteiger charge is -2.03. The molecule has 0 spiro atoms. The minimum Gasteiger partial charge on any atom is -0.380 e. The Morgan fingerprint density at radius 2 is 2.18 bits per heavy atom. The van der Waals surface area contributed by atoms with Crippen molar-refractivity contribution >= 4 is 43.8 Å². The molecule has 1 amide bonds. The summed E-state index contributed by atoms with van der Waals surface area (Å²) in [5, 5.41) is 12.0. The second kappa shape index (κ2) is 6.07. The van der Waals surface area contributed by atoms with Crippen molar-refractivity contribution in [1.29, 1.82) is 0 Å². The van der Waals surface area contributed by atoms with Gasteiger partial charge in [-0.25, -0.2) is 4.39 Å². The highest BCUT2D eigenvalue weighted by atomic mass is 32.1. The van der Waals surface area contributed by atoms with E-state index in [1.54, 1.807) is 19.1 Å². The maximum atomic E-state index is 14.1. The number of amides is 1. The Balaban J connectivity index is 2.03. The van der Waals surface area contributed by atoms with Gasteiger partial charge in [-0.2, -0.15) is 0 Å². The van der Waals surface area contributed by atoms with E-state index >= 15 is 0 Å². The van der Waals surface area contributed by atoms with Gasteiger partial charge in [0, 0.05) is 22.8 Å². The Bertz CT molecular complexity index is 844. The van der Waals surface area contributed by atoms with Crippen molar-refractivity contribution in [3.63, 3.8) is 0 Å². The van der Waals surface area contributed by atoms with E-state index in [1.165, 1.54) is 35.8 Å². The lowest BCUT2D eigenvalue weighted by atomic mass is 10.1. The average Bonchev–Trinajstić information content (AvgIpc) is 3.04. The lowest BCUT2D eigenvalue weighted by Crippen LogP contribution is -2.12. The number of carbonyl (C=O) groups is 1. The predicted molar refractivity (Wildman–Crippen MR) is 85.1 cm³/mol. The van der Waals surface area contributed by atoms with E-state index in [0.717, 1.165) is 5.01 Å². The van der Waals surface area contributed by atoms with Gasteiger partial charge in [-0.15, -0.1) is 21.5 Å². The molecule has 0 aliphatic heterocycles. The van der Waals surface area contributed by atoms with Gasteiger partial charge in [0.1, 0.15) is 10.8 Å². The molecule has 0 aliphatic rings. The van der Waals surface area contributed by atoms with E-state index in [0.29, 0.717) is 25.7 Å². The summed E-state index contributed by atoms with van der Waals surface area (Å²) in [6.45, 7) is 1.97. The van der Waals surface area contributed by atoms with Gasteiger partial charge in [-0.3, -0.25) is 10.1 Å². The zero-order chi connectivity index (χ0) is 15.7. The molecule has 0 unspecified atom stereocenters. The largest absolute Gasteiger partial charge is 0.380 e. The second-order valence-corrected chi connectivity index (χ2v) is 6.77. The molecule has 22 heavy (non-hydrogen) atoms. The van der Waals surface area contributed by atoms with Crippen LogP contribution in [-0.4, -0.2) is 23.2 Å². The molecule has 2 aromatic heterocycles. The molecule has 8 heteroatoms. The molecule has 1 aromatic carbocycles. The molecular weight excluding hydrogens is 325 g/mol. The van der Waals surface area contributed by atoms with Crippen LogP contribution in [0.1, 0.15) is 20.2 Å². The maximum Gasteiger partial charge on any atom is 0.267 e. The highest BCUT2D eigenvalue weighted by Crippen LogP contribution is 2.34. The maximum absolute atomic E-state index is 14.1. The summed E-state index contributed by atoms with van der Waals surface area (Å²) in [7, 11) is 1.51. The van der Waals surface area contributed by atoms with Crippen LogP contribution in [-0.2, 0) is 11.3 Å². The molecule has 3 rings (SSSR count). The third-order valence-electron chi connectivity index (χ3n) is 3.00. The van der Waals surface area contributed by atoms with Crippen LogP contribution in [0.4, 0.5) is 9.52 Å². The fourth-order valence-electron chi connectivity index (χ4n) is 2.13. The van der Waals surface area contributed by atoms with E-state index in [-0.39, 0.29) is 18.3 Å². The van der Waals surface area contributed by atoms with E-state index < -0.39 is 0 Å². The number of methoxy groups -OCH3 is 1. The Hall–Kier alpha value is -1.90. The van der Waals surface area contributed by atoms with Crippen molar-refractivity contribution in [1.82, 2.24) is 10.2 Å². The van der Waals surface area contributed by atoms with E-state index in [1.807, 2.05) is 0 Å². The molecule has 0 fully saturated rings. The molecule has 5 nitrogen and oxygen atoms in total. The number of halogens is 1. The number of benzene rings is 1. The number of anilines is 1. The molecule has 1 N–H and O–H groups in total. The first kappa shape index (κ1) is 15.0. The number of rotatable bonds is 4. The van der Waals surface area contributed by atoms with Gasteiger partial charge >= 0.3 is 0 Å². The third-order valence-corrected chi connectivity index (χ3v) is 4.95. The quantitative estimate of drug-likeness (QED) is 0.790. The van der Waals surface area contributed by atoms with E-state index in [2.05, 4.69) is 15.5 Å². The molecule has 3 aromatic rings. The normalized spacial score (nSPS) is 11.0. The smallest absolute Gasteiger partial charge is 0.267 e. The number of carbonyl (C=O) groups excluding carboxylic acids is 1. The zero-order valence-electron chi connectivity index (χ0n) is 11.8. The summed E-state index contributed by atoms with van der Waals surface area (Å²) in [4.78, 5) is 12.9. The van der Waals surface area contributed by atoms with Crippen molar-refractivity contribution in [3.8, 4) is 0 Å². The number of nitrogens with one attached hydrogen (secondary N) is 1. The van der Waals surface area contributed by atoms with Crippen molar-refractivity contribution in [2.24, 2.45) is 0 Å². The van der Waals surface area contributed by atoms with Crippen molar-refractivity contribution < 1.29 is 13.9 Å². The van der Waals surface area contributed by atoms with Gasteiger partial charge in [0.2, 0.25) is 5.13 Å². The number of thiophene rings is 1. The zero-order valence-corrected chi connectivity index (χ0v) is 13.5. The number of hydrogen-bond acceptors (Lipinski definition) is 6. The molecular formula is C14H12FN3O2S2. The SMILES string of the molecule is COCc1c(C(=O)Nc2nnc(C)s2)sc2cccc(F)c12. The molecule has 114 valence electrons. The number of fused-ring (bicyclic) bond motifs is 1. The van der Waals surface area contributed by atoms with Gasteiger partial charge in [0.15, 0.2) is 0 Å². The third kappa shape index (κ3) is 2.72. The Labute approximate surface area is 133 Å². The summed E-state index contributed by atoms with van der Waals surface area (Å²) in [6.07, 6.45) is 0. The number of aryl methyl sites for hydroxylation is 1. The number of hydrogen-bond donors (Lipinski definition) is 1. The van der Waals surface area contributed by atoms with Crippen LogP contribution in [0.25, 0.3) is 10.1 Å². The van der Waals surface area contributed by atoms with Crippen LogP contribution in [0.15, 0.2) is 18.2 Å². The average molecular weight is 337 g/mol. The second-order valence-electron chi connectivity index (χ2n) is 4.54. The summed E-state index contributed by atoms with van der Waals surface area (Å²) < 4.78 is 19.9. The standard InChI is InChI=1S/C14H12FN3O2S2/c1-7-17-18-14(21-7)16-13(19)12-8(6-20-2)11-9(15)4-3-5-10(11)22-12/h3-5H,6H2,1-2H3,(H,16,18,19). The van der Waals surface area contributed by atoms with Crippen LogP contribution < -0.4 is 5.32 Å². The van der Waals surface area contributed by atoms with Crippen LogP contribution in [0.2, 0.25) is 0 Å². The van der Waals surface area contributed by atoms with Gasteiger partial charge < -0.3 is 4.74 Å². The molecule has 2 heterocycles. The summed E-state index contributed by atoms with van der Waals surface area (Å²) in [5.74, 6) is -0.685. The van der Waals surface area contributed by atoms with Gasteiger partial charge in [-0.05, 0) is 19.1 Å². The van der Waals surface area contributed by atoms with Crippen LogP contribution in [0.3, 0.4) is 0 Å². The Morgan fingerprint density at radius 3 is 2.86 bits per heavy atom. The fourth-order valence-corrected chi connectivity index (χ4v) is 3.84. The highest BCUT2D eigenvalue weighted by molar-refractivity contribution is 7.21. The highest BCUT2D eigenvalue weighted by Gasteiger charge is 2.21. The predicted octanol–water partition coefficient (Wildman–Crippen LogP) is 3.60. The van der Waals surface area contributed by atoms with Crippen molar-refractivity contribution in [2.45, 2.75) is 13.5 Å². The van der Waals surface area contributed by atoms with Gasteiger partial charge in [0.05, 0.1) is 11.5 Å². The first-order valence-corrected chi connectivity index (χ1v) is 8.03. The molecule has 0 atom stereocenters. The first-order chi connectivity index (χ1) is 10.6. The molecule has 0 aliphatic carbocycles. The number of ether oxygens (including phenoxy) is 1. The lowest BCUT2D eigenvalue weighted by molar-refractivity contribution is 0.102. The number of nitrogens with zero attached hydrogens (tertiary/aromatic N) is 2. The molecule has 0 saturated carbocycles. The van der Waals surface area contributed by atoms with Crippen molar-refractivity contribution in [2.75, 3.05) is 12.4 Å². The number of aromatic nitrogens is 2. The fraction of sp³-hybridized carbons (Fsp3) is 0.214. The van der Waals surface area contributed by atoms with Crippen LogP contribution in [0, 0.1) is 12.7 Å². The van der Waals surface area contributed by atoms with Crippen LogP contribution in [0.5, 0.6) is 0 Å². The summed E-state index contributed by atoms with van der Waals surface area (Å²) in [6, 6.07) is 4.79. The monoisotopic (exact) mass is 337 g/mol. The van der Waals surface area contributed by atoms with Crippen molar-refractivity contribution in [3.05, 3.63) is 39.5 Å². The topological polar surface area (TPSA) is 64.1 Å². The minimum absolute atomic E-state index is 0.166. The molecule has 0 radical (unpaired) electrons. The Kier molecular flexibility index (Phi) is 4.14. The first-order valence-electron chi connectivity index (χ1n) is 6.40. The van der Waals surface area contributed by atoms with E-state index in [4.69, 9.17) is 4.74 Å². The van der Waals surface area contributed by atoms with Crippen LogP contribution >= 0.6 is 22.7 Å². The van der Waals surface area contributed by atoms with E-state index in [9.17, 15) is 9.18 Å². The Morgan fingerprint density at radius 1 is 1.36 bits per heavy atom. The molecule has 0 saturated heterocycles. The molecule has 0 bridgehead atoms. The summed E-state index contributed by atoms with van der Waals surface area (Å²) >= 11 is 2.52.